The lowest BCUT2D eigenvalue weighted by atomic mass is 9.85. The number of nitrogens with zero attached hydrogens (tertiary/aromatic N) is 4. The van der Waals surface area contributed by atoms with Gasteiger partial charge in [-0.05, 0) is 86.8 Å². The zero-order valence-electron chi connectivity index (χ0n) is 26.9. The van der Waals surface area contributed by atoms with Crippen molar-refractivity contribution in [2.45, 2.75) is 76.7 Å². The molecular weight excluding hydrogens is 568 g/mol. The van der Waals surface area contributed by atoms with Crippen LogP contribution in [0.1, 0.15) is 77.6 Å². The monoisotopic (exact) mass is 618 g/mol. The Hall–Kier alpha value is -2.81. The minimum absolute atomic E-state index is 0.141. The van der Waals surface area contributed by atoms with E-state index in [9.17, 15) is 10.1 Å². The summed E-state index contributed by atoms with van der Waals surface area (Å²) < 4.78 is 11.3. The van der Waals surface area contributed by atoms with Crippen LogP contribution in [0.15, 0.2) is 24.3 Å². The van der Waals surface area contributed by atoms with Gasteiger partial charge >= 0.3 is 0 Å². The number of carbonyl (C=O) groups is 1. The standard InChI is InChI=1S/C34H50N6O3Si/c1-44(2,3)22-21-43-25-32-31(24-35)36-33(37-32)34(41)38-30-10-9-28(23-29(30)27-7-5-4-6-8-27)26-11-13-39(14-12-26)15-16-40-17-19-42-20-18-40/h7,9-10,23,26H,4-6,8,11-22,25H2,1-3H3,(H,36,37)(H,38,41). The number of morpholine rings is 1. The highest BCUT2D eigenvalue weighted by atomic mass is 28.3. The fourth-order valence-corrected chi connectivity index (χ4v) is 7.08. The molecule has 1 aliphatic carbocycles. The summed E-state index contributed by atoms with van der Waals surface area (Å²) in [5.74, 6) is 0.324. The first-order valence-corrected chi connectivity index (χ1v) is 20.2. The van der Waals surface area contributed by atoms with E-state index in [2.05, 4.69) is 75.1 Å². The molecule has 2 saturated heterocycles. The molecule has 2 fully saturated rings. The first-order valence-electron chi connectivity index (χ1n) is 16.5. The molecular formula is C34H50N6O3Si. The molecule has 2 N–H and O–H groups in total. The largest absolute Gasteiger partial charge is 0.379 e. The second-order valence-corrected chi connectivity index (χ2v) is 19.3. The average molecular weight is 619 g/mol. The van der Waals surface area contributed by atoms with Crippen LogP contribution in [0.2, 0.25) is 25.7 Å². The summed E-state index contributed by atoms with van der Waals surface area (Å²) in [4.78, 5) is 25.9. The molecule has 0 spiro atoms. The Labute approximate surface area is 264 Å². The van der Waals surface area contributed by atoms with Crippen molar-refractivity contribution in [2.75, 3.05) is 64.4 Å². The zero-order chi connectivity index (χ0) is 30.9. The van der Waals surface area contributed by atoms with E-state index >= 15 is 0 Å². The number of hydrogen-bond donors (Lipinski definition) is 2. The van der Waals surface area contributed by atoms with Crippen molar-refractivity contribution in [3.8, 4) is 6.07 Å². The predicted molar refractivity (Wildman–Crippen MR) is 178 cm³/mol. The summed E-state index contributed by atoms with van der Waals surface area (Å²) in [6.07, 6.45) is 9.10. The first kappa shape index (κ1) is 32.6. The summed E-state index contributed by atoms with van der Waals surface area (Å²) in [6.45, 7) is 16.1. The molecule has 44 heavy (non-hydrogen) atoms. The Balaban J connectivity index is 1.24. The predicted octanol–water partition coefficient (Wildman–Crippen LogP) is 5.86. The zero-order valence-corrected chi connectivity index (χ0v) is 27.9. The molecule has 2 aromatic rings. The van der Waals surface area contributed by atoms with Gasteiger partial charge in [0.2, 0.25) is 0 Å². The number of hydrogen-bond acceptors (Lipinski definition) is 7. The first-order chi connectivity index (χ1) is 21.3. The molecule has 3 heterocycles. The van der Waals surface area contributed by atoms with Crippen LogP contribution >= 0.6 is 0 Å². The van der Waals surface area contributed by atoms with Crippen molar-refractivity contribution in [1.29, 1.82) is 5.26 Å². The number of amides is 1. The summed E-state index contributed by atoms with van der Waals surface area (Å²) in [5, 5.41) is 12.8. The van der Waals surface area contributed by atoms with Gasteiger partial charge in [0.25, 0.3) is 5.91 Å². The molecule has 0 atom stereocenters. The molecule has 9 nitrogen and oxygen atoms in total. The lowest BCUT2D eigenvalue weighted by Gasteiger charge is -2.35. The number of nitriles is 1. The Morgan fingerprint density at radius 3 is 2.57 bits per heavy atom. The highest BCUT2D eigenvalue weighted by molar-refractivity contribution is 6.76. The Kier molecular flexibility index (Phi) is 11.4. The third-order valence-corrected chi connectivity index (χ3v) is 10.9. The number of H-pyrrole nitrogens is 1. The van der Waals surface area contributed by atoms with Gasteiger partial charge in [-0.25, -0.2) is 4.98 Å². The SMILES string of the molecule is C[Si](C)(C)CCOCc1[nH]c(C(=O)Nc2ccc(C3CCN(CCN4CCOCC4)CC3)cc2C2=CCCCC2)nc1C#N. The number of aromatic nitrogens is 2. The second kappa shape index (κ2) is 15.5. The topological polar surface area (TPSA) is 107 Å². The number of likely N-dealkylation sites (tertiary alicyclic amines) is 1. The lowest BCUT2D eigenvalue weighted by molar-refractivity contribution is 0.0321. The van der Waals surface area contributed by atoms with E-state index in [0.29, 0.717) is 18.2 Å². The highest BCUT2D eigenvalue weighted by Gasteiger charge is 2.24. The molecule has 1 aromatic heterocycles. The number of ether oxygens (including phenoxy) is 2. The summed E-state index contributed by atoms with van der Waals surface area (Å²) in [6, 6.07) is 9.73. The summed E-state index contributed by atoms with van der Waals surface area (Å²) in [7, 11) is -1.21. The van der Waals surface area contributed by atoms with Crippen LogP contribution in [0, 0.1) is 11.3 Å². The van der Waals surface area contributed by atoms with E-state index < -0.39 is 8.07 Å². The van der Waals surface area contributed by atoms with Gasteiger partial charge in [-0.3, -0.25) is 9.69 Å². The van der Waals surface area contributed by atoms with Gasteiger partial charge < -0.3 is 24.7 Å². The molecule has 238 valence electrons. The molecule has 3 aliphatic rings. The smallest absolute Gasteiger partial charge is 0.291 e. The van der Waals surface area contributed by atoms with Crippen LogP contribution in [0.25, 0.3) is 5.57 Å². The number of imidazole rings is 1. The van der Waals surface area contributed by atoms with Crippen LogP contribution in [0.3, 0.4) is 0 Å². The molecule has 0 radical (unpaired) electrons. The Morgan fingerprint density at radius 2 is 1.89 bits per heavy atom. The molecule has 1 amide bonds. The van der Waals surface area contributed by atoms with Crippen molar-refractivity contribution >= 4 is 25.2 Å². The maximum absolute atomic E-state index is 13.4. The van der Waals surface area contributed by atoms with Crippen LogP contribution in [-0.4, -0.2) is 92.8 Å². The maximum atomic E-state index is 13.4. The van der Waals surface area contributed by atoms with Gasteiger partial charge in [-0.15, -0.1) is 0 Å². The molecule has 1 aromatic carbocycles. The molecule has 2 aliphatic heterocycles. The van der Waals surface area contributed by atoms with Crippen molar-refractivity contribution in [3.63, 3.8) is 0 Å². The quantitative estimate of drug-likeness (QED) is 0.227. The fraction of sp³-hybridized carbons (Fsp3) is 0.618. The highest BCUT2D eigenvalue weighted by Crippen LogP contribution is 2.36. The third-order valence-electron chi connectivity index (χ3n) is 9.17. The Bertz CT molecular complexity index is 1330. The van der Waals surface area contributed by atoms with Crippen LogP contribution in [0.4, 0.5) is 5.69 Å². The number of nitrogens with one attached hydrogen (secondary N) is 2. The van der Waals surface area contributed by atoms with E-state index in [0.717, 1.165) is 102 Å². The number of aromatic amines is 1. The third kappa shape index (κ3) is 9.11. The van der Waals surface area contributed by atoms with Gasteiger partial charge in [0.05, 0.1) is 25.5 Å². The van der Waals surface area contributed by atoms with E-state index in [1.54, 1.807) is 0 Å². The van der Waals surface area contributed by atoms with Gasteiger partial charge in [0.15, 0.2) is 11.5 Å². The van der Waals surface area contributed by atoms with Crippen molar-refractivity contribution < 1.29 is 14.3 Å². The number of allylic oxidation sites excluding steroid dienone is 2. The molecule has 5 rings (SSSR count). The van der Waals surface area contributed by atoms with Gasteiger partial charge in [0.1, 0.15) is 6.07 Å². The second-order valence-electron chi connectivity index (χ2n) is 13.7. The van der Waals surface area contributed by atoms with Crippen LogP contribution in [-0.2, 0) is 16.1 Å². The maximum Gasteiger partial charge on any atom is 0.291 e. The average Bonchev–Trinajstić information content (AvgIpc) is 3.46. The number of anilines is 1. The van der Waals surface area contributed by atoms with Crippen molar-refractivity contribution in [3.05, 3.63) is 52.6 Å². The molecule has 10 heteroatoms. The molecule has 0 unspecified atom stereocenters. The lowest BCUT2D eigenvalue weighted by Crippen LogP contribution is -2.43. The molecule has 0 bridgehead atoms. The van der Waals surface area contributed by atoms with E-state index in [1.807, 2.05) is 0 Å². The molecule has 0 saturated carbocycles. The van der Waals surface area contributed by atoms with Crippen LogP contribution < -0.4 is 5.32 Å². The fourth-order valence-electron chi connectivity index (χ4n) is 6.32. The van der Waals surface area contributed by atoms with E-state index in [1.165, 1.54) is 17.6 Å². The summed E-state index contributed by atoms with van der Waals surface area (Å²) >= 11 is 0. The van der Waals surface area contributed by atoms with Crippen molar-refractivity contribution in [2.24, 2.45) is 0 Å². The number of piperidine rings is 1. The van der Waals surface area contributed by atoms with Gasteiger partial charge in [-0.2, -0.15) is 5.26 Å². The van der Waals surface area contributed by atoms with E-state index in [-0.39, 0.29) is 24.0 Å². The normalized spacial score (nSPS) is 19.0. The van der Waals surface area contributed by atoms with Gasteiger partial charge in [0, 0.05) is 52.1 Å². The minimum atomic E-state index is -1.21. The summed E-state index contributed by atoms with van der Waals surface area (Å²) in [5.41, 5.74) is 5.36. The number of carbonyl (C=O) groups excluding carboxylic acids is 1. The van der Waals surface area contributed by atoms with E-state index in [4.69, 9.17) is 9.47 Å². The number of benzene rings is 1. The minimum Gasteiger partial charge on any atom is -0.379 e. The van der Waals surface area contributed by atoms with Gasteiger partial charge in [-0.1, -0.05) is 31.8 Å². The van der Waals surface area contributed by atoms with Crippen LogP contribution in [0.5, 0.6) is 0 Å². The van der Waals surface area contributed by atoms with Crippen molar-refractivity contribution in [1.82, 2.24) is 19.8 Å². The Morgan fingerprint density at radius 1 is 1.14 bits per heavy atom. The number of rotatable bonds is 12.